The van der Waals surface area contributed by atoms with Gasteiger partial charge in [-0.05, 0) is 43.7 Å². The van der Waals surface area contributed by atoms with Gasteiger partial charge in [0.2, 0.25) is 0 Å². The minimum Gasteiger partial charge on any atom is -0.328 e. The fourth-order valence-electron chi connectivity index (χ4n) is 2.10. The molecule has 0 heterocycles. The number of nitrogens with two attached hydrogens (primary N) is 1. The predicted molar refractivity (Wildman–Crippen MR) is 55.6 cm³/mol. The summed E-state index contributed by atoms with van der Waals surface area (Å²) < 4.78 is 13.5. The van der Waals surface area contributed by atoms with E-state index < -0.39 is 0 Å². The zero-order valence-electron chi connectivity index (χ0n) is 8.63. The molecule has 2 N–H and O–H groups in total. The Morgan fingerprint density at radius 2 is 2.21 bits per heavy atom. The first-order valence-corrected chi connectivity index (χ1v) is 5.11. The molecule has 0 amide bonds. The smallest absolute Gasteiger partial charge is 0.126 e. The number of hydrogen-bond acceptors (Lipinski definition) is 1. The topological polar surface area (TPSA) is 26.0 Å². The third kappa shape index (κ3) is 1.67. The summed E-state index contributed by atoms with van der Waals surface area (Å²) in [7, 11) is 0. The summed E-state index contributed by atoms with van der Waals surface area (Å²) in [4.78, 5) is 0. The van der Waals surface area contributed by atoms with Crippen LogP contribution in [-0.2, 0) is 0 Å². The van der Waals surface area contributed by atoms with E-state index in [0.717, 1.165) is 17.5 Å². The van der Waals surface area contributed by atoms with Crippen molar-refractivity contribution in [1.29, 1.82) is 0 Å². The lowest BCUT2D eigenvalue weighted by Crippen LogP contribution is -2.18. The molecule has 1 aromatic rings. The molecule has 0 spiro atoms. The van der Waals surface area contributed by atoms with Crippen molar-refractivity contribution in [2.24, 2.45) is 11.7 Å². The van der Waals surface area contributed by atoms with Crippen LogP contribution in [0.4, 0.5) is 4.39 Å². The van der Waals surface area contributed by atoms with E-state index in [1.165, 1.54) is 0 Å². The van der Waals surface area contributed by atoms with Crippen LogP contribution in [-0.4, -0.2) is 6.04 Å². The van der Waals surface area contributed by atoms with E-state index in [0.29, 0.717) is 11.8 Å². The second kappa shape index (κ2) is 3.35. The van der Waals surface area contributed by atoms with Crippen LogP contribution in [0.2, 0.25) is 0 Å². The maximum atomic E-state index is 13.5. The lowest BCUT2D eigenvalue weighted by atomic mass is 10.0. The summed E-state index contributed by atoms with van der Waals surface area (Å²) in [5.41, 5.74) is 7.77. The van der Waals surface area contributed by atoms with Gasteiger partial charge >= 0.3 is 0 Å². The van der Waals surface area contributed by atoms with Crippen molar-refractivity contribution in [3.8, 4) is 0 Å². The SMILES string of the molecule is Cc1ccc(F)c(C2CC2C(C)N)c1. The van der Waals surface area contributed by atoms with Crippen molar-refractivity contribution in [3.05, 3.63) is 35.1 Å². The second-order valence-corrected chi connectivity index (χ2v) is 4.39. The number of rotatable bonds is 2. The largest absolute Gasteiger partial charge is 0.328 e. The van der Waals surface area contributed by atoms with Gasteiger partial charge in [0.1, 0.15) is 5.82 Å². The Morgan fingerprint density at radius 3 is 2.79 bits per heavy atom. The van der Waals surface area contributed by atoms with Crippen molar-refractivity contribution in [2.45, 2.75) is 32.2 Å². The zero-order valence-corrected chi connectivity index (χ0v) is 8.63. The van der Waals surface area contributed by atoms with E-state index in [-0.39, 0.29) is 11.9 Å². The minimum absolute atomic E-state index is 0.0799. The van der Waals surface area contributed by atoms with Crippen LogP contribution in [0, 0.1) is 18.7 Å². The molecule has 2 heteroatoms. The molecule has 1 aromatic carbocycles. The maximum absolute atomic E-state index is 13.5. The third-order valence-electron chi connectivity index (χ3n) is 3.07. The van der Waals surface area contributed by atoms with Gasteiger partial charge in [-0.15, -0.1) is 0 Å². The molecular formula is C12H16FN. The standard InChI is InChI=1S/C12H16FN/c1-7-3-4-12(13)11(5-7)10-6-9(10)8(2)14/h3-5,8-10H,6,14H2,1-2H3. The average molecular weight is 193 g/mol. The van der Waals surface area contributed by atoms with Gasteiger partial charge in [-0.25, -0.2) is 4.39 Å². The van der Waals surface area contributed by atoms with Crippen molar-refractivity contribution < 1.29 is 4.39 Å². The number of hydrogen-bond donors (Lipinski definition) is 1. The second-order valence-electron chi connectivity index (χ2n) is 4.39. The maximum Gasteiger partial charge on any atom is 0.126 e. The Kier molecular flexibility index (Phi) is 2.31. The van der Waals surface area contributed by atoms with Gasteiger partial charge in [-0.2, -0.15) is 0 Å². The van der Waals surface area contributed by atoms with Gasteiger partial charge in [-0.1, -0.05) is 17.7 Å². The first-order chi connectivity index (χ1) is 6.59. The Bertz CT molecular complexity index is 346. The van der Waals surface area contributed by atoms with Crippen LogP contribution < -0.4 is 5.73 Å². The summed E-state index contributed by atoms with van der Waals surface area (Å²) in [6.45, 7) is 3.99. The lowest BCUT2D eigenvalue weighted by molar-refractivity contribution is 0.588. The van der Waals surface area contributed by atoms with Crippen molar-refractivity contribution >= 4 is 0 Å². The molecule has 1 saturated carbocycles. The van der Waals surface area contributed by atoms with E-state index in [4.69, 9.17) is 5.73 Å². The Labute approximate surface area is 84.1 Å². The molecule has 0 bridgehead atoms. The summed E-state index contributed by atoms with van der Waals surface area (Å²) in [5, 5.41) is 0. The van der Waals surface area contributed by atoms with Crippen LogP contribution in [0.1, 0.15) is 30.4 Å². The number of halogens is 1. The predicted octanol–water partition coefficient (Wildman–Crippen LogP) is 2.58. The molecule has 1 fully saturated rings. The van der Waals surface area contributed by atoms with Gasteiger partial charge in [-0.3, -0.25) is 0 Å². The zero-order chi connectivity index (χ0) is 10.3. The summed E-state index contributed by atoms with van der Waals surface area (Å²) >= 11 is 0. The van der Waals surface area contributed by atoms with Gasteiger partial charge in [0.25, 0.3) is 0 Å². The van der Waals surface area contributed by atoms with Gasteiger partial charge in [0.15, 0.2) is 0 Å². The van der Waals surface area contributed by atoms with Crippen LogP contribution in [0.15, 0.2) is 18.2 Å². The normalized spacial score (nSPS) is 27.4. The first-order valence-electron chi connectivity index (χ1n) is 5.11. The highest BCUT2D eigenvalue weighted by atomic mass is 19.1. The van der Waals surface area contributed by atoms with Crippen LogP contribution in [0.5, 0.6) is 0 Å². The third-order valence-corrected chi connectivity index (χ3v) is 3.07. The fourth-order valence-corrected chi connectivity index (χ4v) is 2.10. The molecule has 0 aliphatic heterocycles. The molecule has 2 rings (SSSR count). The molecule has 0 radical (unpaired) electrons. The Balaban J connectivity index is 2.22. The van der Waals surface area contributed by atoms with Crippen LogP contribution in [0.25, 0.3) is 0 Å². The van der Waals surface area contributed by atoms with Crippen molar-refractivity contribution in [3.63, 3.8) is 0 Å². The molecule has 14 heavy (non-hydrogen) atoms. The molecular weight excluding hydrogens is 177 g/mol. The van der Waals surface area contributed by atoms with Gasteiger partial charge in [0, 0.05) is 6.04 Å². The summed E-state index contributed by atoms with van der Waals surface area (Å²) in [5.74, 6) is 0.755. The molecule has 0 aromatic heterocycles. The number of benzene rings is 1. The Morgan fingerprint density at radius 1 is 1.50 bits per heavy atom. The van der Waals surface area contributed by atoms with E-state index in [1.807, 2.05) is 26.0 Å². The molecule has 1 nitrogen and oxygen atoms in total. The van der Waals surface area contributed by atoms with Crippen molar-refractivity contribution in [2.75, 3.05) is 0 Å². The first kappa shape index (κ1) is 9.66. The molecule has 3 atom stereocenters. The minimum atomic E-state index is -0.0799. The average Bonchev–Trinajstić information content (AvgIpc) is 2.88. The fraction of sp³-hybridized carbons (Fsp3) is 0.500. The van der Waals surface area contributed by atoms with Crippen LogP contribution >= 0.6 is 0 Å². The van der Waals surface area contributed by atoms with Gasteiger partial charge in [0.05, 0.1) is 0 Å². The highest BCUT2D eigenvalue weighted by molar-refractivity contribution is 5.31. The number of aryl methyl sites for hydroxylation is 1. The van der Waals surface area contributed by atoms with E-state index in [1.54, 1.807) is 6.07 Å². The summed E-state index contributed by atoms with van der Waals surface area (Å²) in [6.07, 6.45) is 1.04. The molecule has 3 unspecified atom stereocenters. The monoisotopic (exact) mass is 193 g/mol. The van der Waals surface area contributed by atoms with E-state index >= 15 is 0 Å². The molecule has 1 aliphatic rings. The quantitative estimate of drug-likeness (QED) is 0.767. The van der Waals surface area contributed by atoms with E-state index in [9.17, 15) is 4.39 Å². The van der Waals surface area contributed by atoms with Crippen molar-refractivity contribution in [1.82, 2.24) is 0 Å². The van der Waals surface area contributed by atoms with Crippen LogP contribution in [0.3, 0.4) is 0 Å². The van der Waals surface area contributed by atoms with Gasteiger partial charge < -0.3 is 5.73 Å². The highest BCUT2D eigenvalue weighted by Gasteiger charge is 2.41. The lowest BCUT2D eigenvalue weighted by Gasteiger charge is -2.06. The molecule has 76 valence electrons. The molecule has 1 aliphatic carbocycles. The Hall–Kier alpha value is -0.890. The highest BCUT2D eigenvalue weighted by Crippen LogP contribution is 2.49. The van der Waals surface area contributed by atoms with E-state index in [2.05, 4.69) is 0 Å². The summed E-state index contributed by atoms with van der Waals surface area (Å²) in [6, 6.07) is 5.49. The molecule has 0 saturated heterocycles.